The Hall–Kier alpha value is -0.440. The minimum absolute atomic E-state index is 0.311. The Balaban J connectivity index is 2.00. The number of aliphatic hydroxyl groups excluding tert-OH is 8. The third-order valence-electron chi connectivity index (χ3n) is 4.66. The molecule has 0 aliphatic carbocycles. The lowest BCUT2D eigenvalue weighted by molar-refractivity contribution is -0.313. The molecule has 10 atom stereocenters. The summed E-state index contributed by atoms with van der Waals surface area (Å²) in [6.07, 6.45) is -12.0. The van der Waals surface area contributed by atoms with E-state index in [4.69, 9.17) is 19.3 Å². The van der Waals surface area contributed by atoms with Gasteiger partial charge in [-0.1, -0.05) is 0 Å². The molecule has 2 aliphatic rings. The summed E-state index contributed by atoms with van der Waals surface area (Å²) in [7, 11) is 0. The Bertz CT molecular complexity index is 408. The van der Waals surface area contributed by atoms with Gasteiger partial charge in [0.15, 0.2) is 6.29 Å². The monoisotopic (exact) mass is 370 g/mol. The molecule has 2 aliphatic heterocycles. The van der Waals surface area contributed by atoms with Crippen LogP contribution in [0.25, 0.3) is 0 Å². The summed E-state index contributed by atoms with van der Waals surface area (Å²) in [6, 6.07) is 0. The highest BCUT2D eigenvalue weighted by molar-refractivity contribution is 4.93. The van der Waals surface area contributed by atoms with Gasteiger partial charge in [-0.25, -0.2) is 0 Å². The number of rotatable bonds is 6. The number of ether oxygens (including phenoxy) is 3. The van der Waals surface area contributed by atoms with Crippen molar-refractivity contribution in [1.29, 1.82) is 0 Å². The highest BCUT2D eigenvalue weighted by Crippen LogP contribution is 2.28. The standard InChI is InChI=1S/C14H26O11/c15-1-5-8(24-6(2-16)10(19)9(5)18)4-23-14-13(22)12(21)11(20)7(3-17)25-14/h5-22H,1-4H2/t5-,6+,7?,8?,9?,10+,11+,12?,13+,14+/m1/s1. The SMILES string of the molecule is OCC1O[C@H](OCC2O[C@@H](CO)[C@H](O)C(O)[C@@H]2CO)[C@@H](O)C(O)[C@H]1O. The van der Waals surface area contributed by atoms with Crippen LogP contribution in [0.15, 0.2) is 0 Å². The normalized spacial score (nSPS) is 48.5. The van der Waals surface area contributed by atoms with Gasteiger partial charge in [0.1, 0.15) is 36.6 Å². The molecule has 0 radical (unpaired) electrons. The first-order chi connectivity index (χ1) is 11.8. The van der Waals surface area contributed by atoms with Gasteiger partial charge in [0.2, 0.25) is 0 Å². The second kappa shape index (κ2) is 8.97. The summed E-state index contributed by atoms with van der Waals surface area (Å²) >= 11 is 0. The van der Waals surface area contributed by atoms with Gasteiger partial charge in [0.05, 0.1) is 38.6 Å². The maximum Gasteiger partial charge on any atom is 0.186 e. The van der Waals surface area contributed by atoms with Crippen molar-refractivity contribution >= 4 is 0 Å². The first-order valence-electron chi connectivity index (χ1n) is 8.01. The molecular formula is C14H26O11. The van der Waals surface area contributed by atoms with E-state index in [9.17, 15) is 35.7 Å². The van der Waals surface area contributed by atoms with Crippen LogP contribution >= 0.6 is 0 Å². The minimum Gasteiger partial charge on any atom is -0.396 e. The topological polar surface area (TPSA) is 190 Å². The van der Waals surface area contributed by atoms with E-state index in [0.717, 1.165) is 0 Å². The number of aliphatic hydroxyl groups is 8. The van der Waals surface area contributed by atoms with E-state index in [-0.39, 0.29) is 6.61 Å². The highest BCUT2D eigenvalue weighted by Gasteiger charge is 2.47. The Morgan fingerprint density at radius 3 is 1.72 bits per heavy atom. The maximum atomic E-state index is 10.0. The smallest absolute Gasteiger partial charge is 0.186 e. The third-order valence-corrected chi connectivity index (χ3v) is 4.66. The zero-order valence-corrected chi connectivity index (χ0v) is 13.4. The lowest BCUT2D eigenvalue weighted by Gasteiger charge is -2.43. The average molecular weight is 370 g/mol. The molecule has 0 aromatic heterocycles. The summed E-state index contributed by atoms with van der Waals surface area (Å²) in [5.41, 5.74) is 0. The fourth-order valence-electron chi connectivity index (χ4n) is 3.03. The largest absolute Gasteiger partial charge is 0.396 e. The Labute approximate surface area is 143 Å². The van der Waals surface area contributed by atoms with Gasteiger partial charge < -0.3 is 55.1 Å². The van der Waals surface area contributed by atoms with E-state index in [2.05, 4.69) is 0 Å². The molecule has 2 saturated heterocycles. The Kier molecular flexibility index (Phi) is 7.49. The van der Waals surface area contributed by atoms with E-state index in [1.54, 1.807) is 0 Å². The van der Waals surface area contributed by atoms with Crippen LogP contribution in [-0.2, 0) is 14.2 Å². The lowest BCUT2D eigenvalue weighted by Crippen LogP contribution is -2.61. The summed E-state index contributed by atoms with van der Waals surface area (Å²) in [6.45, 7) is -2.01. The van der Waals surface area contributed by atoms with Crippen molar-refractivity contribution in [2.24, 2.45) is 5.92 Å². The first-order valence-corrected chi connectivity index (χ1v) is 8.01. The molecule has 0 aromatic rings. The Morgan fingerprint density at radius 1 is 0.600 bits per heavy atom. The van der Waals surface area contributed by atoms with Gasteiger partial charge in [0.25, 0.3) is 0 Å². The van der Waals surface area contributed by atoms with E-state index in [1.807, 2.05) is 0 Å². The zero-order valence-electron chi connectivity index (χ0n) is 13.4. The van der Waals surface area contributed by atoms with E-state index < -0.39 is 80.9 Å². The predicted octanol–water partition coefficient (Wildman–Crippen LogP) is -5.11. The van der Waals surface area contributed by atoms with Crippen molar-refractivity contribution in [3.63, 3.8) is 0 Å². The quantitative estimate of drug-likeness (QED) is 0.223. The molecule has 0 spiro atoms. The van der Waals surface area contributed by atoms with Gasteiger partial charge in [-0.05, 0) is 0 Å². The molecule has 0 bridgehead atoms. The fraction of sp³-hybridized carbons (Fsp3) is 1.00. The van der Waals surface area contributed by atoms with Gasteiger partial charge in [-0.15, -0.1) is 0 Å². The van der Waals surface area contributed by atoms with Crippen LogP contribution in [0.4, 0.5) is 0 Å². The second-order valence-electron chi connectivity index (χ2n) is 6.25. The van der Waals surface area contributed by atoms with Crippen LogP contribution in [0, 0.1) is 5.92 Å². The van der Waals surface area contributed by atoms with Gasteiger partial charge in [-0.2, -0.15) is 0 Å². The van der Waals surface area contributed by atoms with Crippen molar-refractivity contribution in [3.05, 3.63) is 0 Å². The predicted molar refractivity (Wildman–Crippen MR) is 78.1 cm³/mol. The average Bonchev–Trinajstić information content (AvgIpc) is 2.61. The number of hydrogen-bond donors (Lipinski definition) is 8. The van der Waals surface area contributed by atoms with Crippen LogP contribution in [-0.4, -0.2) is 122 Å². The number of hydrogen-bond acceptors (Lipinski definition) is 11. The molecule has 2 rings (SSSR count). The molecule has 148 valence electrons. The van der Waals surface area contributed by atoms with Gasteiger partial charge in [-0.3, -0.25) is 0 Å². The van der Waals surface area contributed by atoms with Gasteiger partial charge in [0, 0.05) is 5.92 Å². The van der Waals surface area contributed by atoms with E-state index in [1.165, 1.54) is 0 Å². The first kappa shape index (κ1) is 20.9. The van der Waals surface area contributed by atoms with Crippen molar-refractivity contribution in [3.8, 4) is 0 Å². The van der Waals surface area contributed by atoms with Crippen LogP contribution in [0.1, 0.15) is 0 Å². The molecule has 2 heterocycles. The lowest BCUT2D eigenvalue weighted by atomic mass is 9.87. The van der Waals surface area contributed by atoms with Gasteiger partial charge >= 0.3 is 0 Å². The molecule has 0 saturated carbocycles. The molecule has 2 fully saturated rings. The molecule has 0 aromatic carbocycles. The summed E-state index contributed by atoms with van der Waals surface area (Å²) in [5.74, 6) is -0.914. The molecule has 25 heavy (non-hydrogen) atoms. The van der Waals surface area contributed by atoms with Crippen LogP contribution in [0.3, 0.4) is 0 Å². The molecule has 11 nitrogen and oxygen atoms in total. The molecule has 0 amide bonds. The zero-order chi connectivity index (χ0) is 18.7. The molecule has 4 unspecified atom stereocenters. The molecule has 11 heteroatoms. The van der Waals surface area contributed by atoms with E-state index >= 15 is 0 Å². The van der Waals surface area contributed by atoms with Crippen molar-refractivity contribution in [1.82, 2.24) is 0 Å². The second-order valence-corrected chi connectivity index (χ2v) is 6.25. The van der Waals surface area contributed by atoms with Crippen LogP contribution < -0.4 is 0 Å². The van der Waals surface area contributed by atoms with Crippen molar-refractivity contribution in [2.45, 2.75) is 55.1 Å². The van der Waals surface area contributed by atoms with Crippen LogP contribution in [0.5, 0.6) is 0 Å². The van der Waals surface area contributed by atoms with Crippen LogP contribution in [0.2, 0.25) is 0 Å². The highest BCUT2D eigenvalue weighted by atomic mass is 16.7. The van der Waals surface area contributed by atoms with E-state index in [0.29, 0.717) is 0 Å². The molecular weight excluding hydrogens is 344 g/mol. The summed E-state index contributed by atoms with van der Waals surface area (Å²) in [5, 5.41) is 76.9. The molecule has 8 N–H and O–H groups in total. The third kappa shape index (κ3) is 4.28. The maximum absolute atomic E-state index is 10.0. The summed E-state index contributed by atoms with van der Waals surface area (Å²) in [4.78, 5) is 0. The fourth-order valence-corrected chi connectivity index (χ4v) is 3.03. The Morgan fingerprint density at radius 2 is 1.16 bits per heavy atom. The van der Waals surface area contributed by atoms with Crippen molar-refractivity contribution < 1.29 is 55.1 Å². The summed E-state index contributed by atoms with van der Waals surface area (Å²) < 4.78 is 15.9. The van der Waals surface area contributed by atoms with Crippen molar-refractivity contribution in [2.75, 3.05) is 26.4 Å². The minimum atomic E-state index is -1.60.